The van der Waals surface area contributed by atoms with E-state index < -0.39 is 0 Å². The van der Waals surface area contributed by atoms with Gasteiger partial charge in [-0.05, 0) is 56.8 Å². The first-order valence-electron chi connectivity index (χ1n) is 8.31. The lowest BCUT2D eigenvalue weighted by atomic mass is 9.72. The van der Waals surface area contributed by atoms with Gasteiger partial charge in [0.05, 0.1) is 0 Å². The molecule has 1 aliphatic heterocycles. The highest BCUT2D eigenvalue weighted by Gasteiger charge is 2.36. The van der Waals surface area contributed by atoms with Crippen LogP contribution in [0.25, 0.3) is 0 Å². The summed E-state index contributed by atoms with van der Waals surface area (Å²) >= 11 is 0. The molecule has 0 amide bonds. The van der Waals surface area contributed by atoms with E-state index in [-0.39, 0.29) is 0 Å². The van der Waals surface area contributed by atoms with E-state index in [1.807, 2.05) is 0 Å². The smallest absolute Gasteiger partial charge is 0.0104 e. The van der Waals surface area contributed by atoms with E-state index in [9.17, 15) is 0 Å². The molecule has 1 aromatic rings. The molecule has 110 valence electrons. The fourth-order valence-electron chi connectivity index (χ4n) is 3.63. The lowest BCUT2D eigenvalue weighted by molar-refractivity contribution is 0.175. The van der Waals surface area contributed by atoms with Crippen molar-refractivity contribution in [3.05, 3.63) is 35.9 Å². The normalized spacial score (nSPS) is 22.1. The number of nitrogens with zero attached hydrogens (tertiary/aromatic N) is 1. The summed E-state index contributed by atoms with van der Waals surface area (Å²) in [5.74, 6) is 0.990. The summed E-state index contributed by atoms with van der Waals surface area (Å²) in [5.41, 5.74) is 1.92. The Kier molecular flexibility index (Phi) is 4.42. The number of likely N-dealkylation sites (N-methyl/N-ethyl adjacent to an activating group) is 1. The van der Waals surface area contributed by atoms with Gasteiger partial charge in [-0.15, -0.1) is 0 Å². The predicted molar refractivity (Wildman–Crippen MR) is 85.1 cm³/mol. The molecule has 2 heteroatoms. The van der Waals surface area contributed by atoms with E-state index in [4.69, 9.17) is 0 Å². The molecule has 2 aliphatic rings. The van der Waals surface area contributed by atoms with Crippen molar-refractivity contribution in [1.29, 1.82) is 0 Å². The maximum atomic E-state index is 3.54. The minimum atomic E-state index is 0.372. The summed E-state index contributed by atoms with van der Waals surface area (Å²) in [7, 11) is 0. The number of hydrogen-bond acceptors (Lipinski definition) is 2. The van der Waals surface area contributed by atoms with Crippen molar-refractivity contribution in [1.82, 2.24) is 10.2 Å². The highest BCUT2D eigenvalue weighted by Crippen LogP contribution is 2.36. The molecule has 1 aliphatic carbocycles. The molecule has 20 heavy (non-hydrogen) atoms. The van der Waals surface area contributed by atoms with E-state index in [2.05, 4.69) is 47.5 Å². The Morgan fingerprint density at radius 2 is 1.85 bits per heavy atom. The van der Waals surface area contributed by atoms with Gasteiger partial charge in [-0.3, -0.25) is 0 Å². The SMILES string of the molecule is CCN(CC1CC1)CC1(c2ccccc2)CCNCC1. The van der Waals surface area contributed by atoms with Crippen molar-refractivity contribution >= 4 is 0 Å². The monoisotopic (exact) mass is 272 g/mol. The minimum absolute atomic E-state index is 0.372. The zero-order valence-electron chi connectivity index (χ0n) is 12.8. The molecule has 0 spiro atoms. The molecule has 0 bridgehead atoms. The van der Waals surface area contributed by atoms with Crippen LogP contribution in [0.4, 0.5) is 0 Å². The molecular weight excluding hydrogens is 244 g/mol. The summed E-state index contributed by atoms with van der Waals surface area (Å²) < 4.78 is 0. The Labute approximate surface area is 123 Å². The predicted octanol–water partition coefficient (Wildman–Crippen LogP) is 3.04. The lowest BCUT2D eigenvalue weighted by Gasteiger charge is -2.42. The zero-order chi connectivity index (χ0) is 13.8. The van der Waals surface area contributed by atoms with Crippen molar-refractivity contribution in [3.8, 4) is 0 Å². The number of nitrogens with one attached hydrogen (secondary N) is 1. The van der Waals surface area contributed by atoms with Gasteiger partial charge in [-0.2, -0.15) is 0 Å². The van der Waals surface area contributed by atoms with Gasteiger partial charge in [-0.25, -0.2) is 0 Å². The van der Waals surface area contributed by atoms with Crippen molar-refractivity contribution < 1.29 is 0 Å². The van der Waals surface area contributed by atoms with Gasteiger partial charge in [0.1, 0.15) is 0 Å². The quantitative estimate of drug-likeness (QED) is 0.856. The third-order valence-electron chi connectivity index (χ3n) is 5.13. The summed E-state index contributed by atoms with van der Waals surface area (Å²) in [6.45, 7) is 8.40. The molecule has 1 saturated heterocycles. The molecule has 1 saturated carbocycles. The van der Waals surface area contributed by atoms with Crippen molar-refractivity contribution in [2.45, 2.75) is 38.0 Å². The third kappa shape index (κ3) is 3.24. The van der Waals surface area contributed by atoms with Crippen molar-refractivity contribution in [2.24, 2.45) is 5.92 Å². The Bertz CT molecular complexity index is 405. The van der Waals surface area contributed by atoms with Crippen LogP contribution in [0, 0.1) is 5.92 Å². The van der Waals surface area contributed by atoms with Crippen LogP contribution in [0.3, 0.4) is 0 Å². The van der Waals surface area contributed by atoms with Crippen LogP contribution < -0.4 is 5.32 Å². The Morgan fingerprint density at radius 3 is 2.45 bits per heavy atom. The highest BCUT2D eigenvalue weighted by atomic mass is 15.1. The van der Waals surface area contributed by atoms with Crippen LogP contribution in [0.5, 0.6) is 0 Å². The van der Waals surface area contributed by atoms with E-state index in [0.717, 1.165) is 19.0 Å². The first kappa shape index (κ1) is 14.1. The lowest BCUT2D eigenvalue weighted by Crippen LogP contribution is -2.48. The Balaban J connectivity index is 1.77. The third-order valence-corrected chi connectivity index (χ3v) is 5.13. The van der Waals surface area contributed by atoms with E-state index in [0.29, 0.717) is 5.41 Å². The number of rotatable bonds is 6. The number of piperidine rings is 1. The summed E-state index contributed by atoms with van der Waals surface area (Å²) in [5, 5.41) is 3.54. The average Bonchev–Trinajstić information content (AvgIpc) is 3.32. The Morgan fingerprint density at radius 1 is 1.15 bits per heavy atom. The van der Waals surface area contributed by atoms with Gasteiger partial charge in [0.25, 0.3) is 0 Å². The molecule has 0 unspecified atom stereocenters. The molecule has 1 aromatic carbocycles. The van der Waals surface area contributed by atoms with Gasteiger partial charge >= 0.3 is 0 Å². The maximum Gasteiger partial charge on any atom is 0.0104 e. The van der Waals surface area contributed by atoms with Gasteiger partial charge in [-0.1, -0.05) is 37.3 Å². The molecule has 0 radical (unpaired) electrons. The molecule has 2 nitrogen and oxygen atoms in total. The Hall–Kier alpha value is -0.860. The first-order valence-corrected chi connectivity index (χ1v) is 8.31. The summed E-state index contributed by atoms with van der Waals surface area (Å²) in [6.07, 6.45) is 5.46. The number of hydrogen-bond donors (Lipinski definition) is 1. The van der Waals surface area contributed by atoms with Crippen molar-refractivity contribution in [2.75, 3.05) is 32.7 Å². The van der Waals surface area contributed by atoms with Crippen LogP contribution in [0.1, 0.15) is 38.2 Å². The van der Waals surface area contributed by atoms with Gasteiger partial charge < -0.3 is 10.2 Å². The van der Waals surface area contributed by atoms with Gasteiger partial charge in [0.15, 0.2) is 0 Å². The van der Waals surface area contributed by atoms with Gasteiger partial charge in [0, 0.05) is 18.5 Å². The molecule has 0 aromatic heterocycles. The molecular formula is C18H28N2. The van der Waals surface area contributed by atoms with Crippen LogP contribution in [0.15, 0.2) is 30.3 Å². The fraction of sp³-hybridized carbons (Fsp3) is 0.667. The van der Waals surface area contributed by atoms with Crippen LogP contribution >= 0.6 is 0 Å². The van der Waals surface area contributed by atoms with Crippen LogP contribution in [-0.4, -0.2) is 37.6 Å². The molecule has 1 heterocycles. The molecule has 1 N–H and O–H groups in total. The molecule has 3 rings (SSSR count). The zero-order valence-corrected chi connectivity index (χ0v) is 12.8. The average molecular weight is 272 g/mol. The fourth-order valence-corrected chi connectivity index (χ4v) is 3.63. The van der Waals surface area contributed by atoms with Crippen LogP contribution in [-0.2, 0) is 5.41 Å². The van der Waals surface area contributed by atoms with Crippen LogP contribution in [0.2, 0.25) is 0 Å². The van der Waals surface area contributed by atoms with E-state index in [1.54, 1.807) is 5.56 Å². The molecule has 2 fully saturated rings. The summed E-state index contributed by atoms with van der Waals surface area (Å²) in [6, 6.07) is 11.2. The van der Waals surface area contributed by atoms with E-state index >= 15 is 0 Å². The topological polar surface area (TPSA) is 15.3 Å². The summed E-state index contributed by atoms with van der Waals surface area (Å²) in [4.78, 5) is 2.70. The first-order chi connectivity index (χ1) is 9.82. The second-order valence-electron chi connectivity index (χ2n) is 6.67. The van der Waals surface area contributed by atoms with E-state index in [1.165, 1.54) is 45.3 Å². The van der Waals surface area contributed by atoms with Gasteiger partial charge in [0.2, 0.25) is 0 Å². The van der Waals surface area contributed by atoms with Crippen molar-refractivity contribution in [3.63, 3.8) is 0 Å². The number of benzene rings is 1. The maximum absolute atomic E-state index is 3.54. The minimum Gasteiger partial charge on any atom is -0.317 e. The largest absolute Gasteiger partial charge is 0.317 e. The second-order valence-corrected chi connectivity index (χ2v) is 6.67. The highest BCUT2D eigenvalue weighted by molar-refractivity contribution is 5.27. The second kappa shape index (κ2) is 6.28. The standard InChI is InChI=1S/C18H28N2/c1-2-20(14-16-8-9-16)15-18(10-12-19-13-11-18)17-6-4-3-5-7-17/h3-7,16,19H,2,8-15H2,1H3. The molecule has 0 atom stereocenters.